The van der Waals surface area contributed by atoms with Gasteiger partial charge in [-0.3, -0.25) is 4.79 Å². The molecule has 154 valence electrons. The van der Waals surface area contributed by atoms with Crippen molar-refractivity contribution in [3.63, 3.8) is 0 Å². The number of rotatable bonds is 8. The quantitative estimate of drug-likeness (QED) is 0.502. The first-order valence-corrected chi connectivity index (χ1v) is 10.1. The Morgan fingerprint density at radius 2 is 1.96 bits per heavy atom. The molecule has 2 amide bonds. The molecule has 0 aliphatic carbocycles. The number of hydrogen-bond donors (Lipinski definition) is 2. The zero-order valence-electron chi connectivity index (χ0n) is 17.9. The van der Waals surface area contributed by atoms with Gasteiger partial charge in [0.15, 0.2) is 0 Å². The summed E-state index contributed by atoms with van der Waals surface area (Å²) in [6.07, 6.45) is 2.55. The normalized spacial score (nSPS) is 16.1. The first kappa shape index (κ1) is 21.9. The molecule has 0 saturated heterocycles. The molecule has 1 aromatic rings. The molecule has 0 atom stereocenters. The Kier molecular flexibility index (Phi) is 6.52. The lowest BCUT2D eigenvalue weighted by atomic mass is 9.74. The van der Waals surface area contributed by atoms with Crippen molar-refractivity contribution in [2.24, 2.45) is 11.0 Å². The van der Waals surface area contributed by atoms with Gasteiger partial charge in [0.2, 0.25) is 5.91 Å². The molecule has 0 fully saturated rings. The van der Waals surface area contributed by atoms with E-state index in [9.17, 15) is 14.7 Å². The molecular weight excluding hydrogens is 354 g/mol. The molecule has 1 aliphatic heterocycles. The summed E-state index contributed by atoms with van der Waals surface area (Å²) in [5.74, 6) is 0.196. The van der Waals surface area contributed by atoms with Crippen molar-refractivity contribution in [1.29, 1.82) is 0 Å². The number of fused-ring (bicyclic) bond motifs is 1. The number of hydrogen-bond acceptors (Lipinski definition) is 4. The minimum absolute atomic E-state index is 0.190. The molecule has 0 saturated carbocycles. The number of anilines is 1. The highest BCUT2D eigenvalue weighted by Crippen LogP contribution is 2.47. The van der Waals surface area contributed by atoms with E-state index in [2.05, 4.69) is 38.2 Å². The molecule has 2 rings (SSSR count). The van der Waals surface area contributed by atoms with Gasteiger partial charge in [-0.25, -0.2) is 9.69 Å². The Bertz CT molecular complexity index is 764. The number of amides is 2. The topological polar surface area (TPSA) is 82.0 Å². The zero-order chi connectivity index (χ0) is 21.1. The number of nitrogens with zero attached hydrogens (tertiary/aromatic N) is 2. The number of benzene rings is 1. The first-order valence-electron chi connectivity index (χ1n) is 10.1. The maximum absolute atomic E-state index is 13.0. The minimum atomic E-state index is -1.22. The molecule has 0 unspecified atom stereocenters. The third-order valence-electron chi connectivity index (χ3n) is 5.83. The van der Waals surface area contributed by atoms with Crippen LogP contribution in [0.4, 0.5) is 10.5 Å². The van der Waals surface area contributed by atoms with Gasteiger partial charge in [0.05, 0.1) is 11.1 Å². The summed E-state index contributed by atoms with van der Waals surface area (Å²) < 4.78 is 0. The molecular formula is C22H33N3O3. The maximum atomic E-state index is 13.0. The monoisotopic (exact) mass is 387 g/mol. The van der Waals surface area contributed by atoms with Crippen molar-refractivity contribution in [2.75, 3.05) is 11.4 Å². The van der Waals surface area contributed by atoms with Gasteiger partial charge < -0.3 is 10.5 Å². The summed E-state index contributed by atoms with van der Waals surface area (Å²) in [6.45, 7) is 13.3. The molecule has 0 radical (unpaired) electrons. The van der Waals surface area contributed by atoms with E-state index < -0.39 is 11.5 Å². The Morgan fingerprint density at radius 3 is 2.50 bits per heavy atom. The number of imide groups is 1. The maximum Gasteiger partial charge on any atom is 0.418 e. The molecule has 0 bridgehead atoms. The van der Waals surface area contributed by atoms with Crippen LogP contribution in [0.25, 0.3) is 0 Å². The molecule has 28 heavy (non-hydrogen) atoms. The van der Waals surface area contributed by atoms with Gasteiger partial charge >= 0.3 is 6.09 Å². The van der Waals surface area contributed by atoms with Crippen molar-refractivity contribution in [1.82, 2.24) is 5.43 Å². The van der Waals surface area contributed by atoms with Crippen LogP contribution in [0.2, 0.25) is 0 Å². The highest BCUT2D eigenvalue weighted by Gasteiger charge is 2.51. The third kappa shape index (κ3) is 3.91. The molecule has 6 nitrogen and oxygen atoms in total. The molecule has 0 aromatic heterocycles. The number of nitrogens with one attached hydrogen (secondary N) is 1. The van der Waals surface area contributed by atoms with Crippen molar-refractivity contribution in [3.8, 4) is 0 Å². The van der Waals surface area contributed by atoms with E-state index in [1.54, 1.807) is 6.07 Å². The number of carbonyl (C=O) groups is 2. The van der Waals surface area contributed by atoms with Gasteiger partial charge in [0.25, 0.3) is 0 Å². The van der Waals surface area contributed by atoms with Crippen LogP contribution in [-0.4, -0.2) is 29.9 Å². The molecule has 6 heteroatoms. The molecule has 1 heterocycles. The average molecular weight is 388 g/mol. The van der Waals surface area contributed by atoms with Gasteiger partial charge in [-0.15, -0.1) is 0 Å². The number of carboxylic acid groups (broad SMARTS) is 1. The second-order valence-electron chi connectivity index (χ2n) is 8.60. The van der Waals surface area contributed by atoms with E-state index >= 15 is 0 Å². The summed E-state index contributed by atoms with van der Waals surface area (Å²) in [5, 5.41) is 13.9. The molecule has 1 aliphatic rings. The van der Waals surface area contributed by atoms with Gasteiger partial charge in [0, 0.05) is 12.8 Å². The van der Waals surface area contributed by atoms with E-state index in [1.807, 2.05) is 32.2 Å². The van der Waals surface area contributed by atoms with E-state index in [0.29, 0.717) is 24.4 Å². The summed E-state index contributed by atoms with van der Waals surface area (Å²) in [5.41, 5.74) is 4.49. The lowest BCUT2D eigenvalue weighted by Crippen LogP contribution is -2.42. The van der Waals surface area contributed by atoms with Crippen molar-refractivity contribution < 1.29 is 14.7 Å². The summed E-state index contributed by atoms with van der Waals surface area (Å²) in [6, 6.07) is 5.73. The van der Waals surface area contributed by atoms with Gasteiger partial charge in [-0.1, -0.05) is 53.7 Å². The lowest BCUT2D eigenvalue weighted by molar-refractivity contribution is -0.122. The van der Waals surface area contributed by atoms with Gasteiger partial charge in [0.1, 0.15) is 0 Å². The highest BCUT2D eigenvalue weighted by atomic mass is 16.4. The second kappa shape index (κ2) is 8.33. The van der Waals surface area contributed by atoms with Gasteiger partial charge in [-0.05, 0) is 47.8 Å². The fourth-order valence-electron chi connectivity index (χ4n) is 3.79. The Hall–Kier alpha value is -2.37. The molecule has 0 spiro atoms. The minimum Gasteiger partial charge on any atom is -0.464 e. The number of hydrazone groups is 1. The predicted octanol–water partition coefficient (Wildman–Crippen LogP) is 4.67. The standard InChI is InChI=1S/C22H33N3O3/c1-7-22(8-2)17-13-16(9-10-18(17)25(19(22)26)20(27)28)21(5,6)11-12-23-24-14-15(3)4/h9-10,12-13,15,24H,7-8,11,14H2,1-6H3,(H,27,28)/b23-12+. The van der Waals surface area contributed by atoms with Crippen LogP contribution in [0.5, 0.6) is 0 Å². The largest absolute Gasteiger partial charge is 0.464 e. The summed E-state index contributed by atoms with van der Waals surface area (Å²) in [7, 11) is 0. The second-order valence-corrected chi connectivity index (χ2v) is 8.60. The van der Waals surface area contributed by atoms with E-state index in [0.717, 1.165) is 29.0 Å². The van der Waals surface area contributed by atoms with Crippen LogP contribution in [0.3, 0.4) is 0 Å². The van der Waals surface area contributed by atoms with Crippen LogP contribution in [-0.2, 0) is 15.6 Å². The fourth-order valence-corrected chi connectivity index (χ4v) is 3.79. The molecule has 2 N–H and O–H groups in total. The predicted molar refractivity (Wildman–Crippen MR) is 113 cm³/mol. The van der Waals surface area contributed by atoms with E-state index in [1.165, 1.54) is 0 Å². The Balaban J connectivity index is 2.36. The van der Waals surface area contributed by atoms with Crippen LogP contribution >= 0.6 is 0 Å². The average Bonchev–Trinajstić information content (AvgIpc) is 2.88. The van der Waals surface area contributed by atoms with Crippen molar-refractivity contribution in [2.45, 2.75) is 71.6 Å². The van der Waals surface area contributed by atoms with E-state index in [-0.39, 0.29) is 11.3 Å². The first-order chi connectivity index (χ1) is 13.1. The molecule has 1 aromatic carbocycles. The van der Waals surface area contributed by atoms with Crippen LogP contribution < -0.4 is 10.3 Å². The van der Waals surface area contributed by atoms with Crippen molar-refractivity contribution in [3.05, 3.63) is 29.3 Å². The Morgan fingerprint density at radius 1 is 1.32 bits per heavy atom. The number of carbonyl (C=O) groups excluding carboxylic acids is 1. The van der Waals surface area contributed by atoms with Crippen LogP contribution in [0.15, 0.2) is 23.3 Å². The van der Waals surface area contributed by atoms with Crippen LogP contribution in [0.1, 0.15) is 71.9 Å². The lowest BCUT2D eigenvalue weighted by Gasteiger charge is -2.28. The highest BCUT2D eigenvalue weighted by molar-refractivity contribution is 6.20. The van der Waals surface area contributed by atoms with E-state index in [4.69, 9.17) is 0 Å². The summed E-state index contributed by atoms with van der Waals surface area (Å²) in [4.78, 5) is 25.6. The fraction of sp³-hybridized carbons (Fsp3) is 0.591. The van der Waals surface area contributed by atoms with Crippen LogP contribution in [0, 0.1) is 5.92 Å². The zero-order valence-corrected chi connectivity index (χ0v) is 17.9. The SMILES string of the molecule is CCC1(CC)C(=O)N(C(=O)O)c2ccc(C(C)(C)C/C=N/NCC(C)C)cc21. The van der Waals surface area contributed by atoms with Crippen molar-refractivity contribution >= 4 is 23.9 Å². The smallest absolute Gasteiger partial charge is 0.418 e. The summed E-state index contributed by atoms with van der Waals surface area (Å²) >= 11 is 0. The third-order valence-corrected chi connectivity index (χ3v) is 5.83. The van der Waals surface area contributed by atoms with Gasteiger partial charge in [-0.2, -0.15) is 5.10 Å². The Labute approximate surface area is 168 Å².